The second-order valence-electron chi connectivity index (χ2n) is 5.92. The standard InChI is InChI=1S/C18H17N3O5/c1-26-16-8-7-14(21(24)25)10-15(16)18(23)20-13-4-2-3-11(9-13)17(22)19-12-5-6-12/h2-4,7-10,12H,5-6H2,1H3,(H,19,22)(H,20,23). The topological polar surface area (TPSA) is 111 Å². The fourth-order valence-electron chi connectivity index (χ4n) is 2.42. The quantitative estimate of drug-likeness (QED) is 0.611. The molecule has 8 heteroatoms. The summed E-state index contributed by atoms with van der Waals surface area (Å²) in [5.74, 6) is -0.544. The summed E-state index contributed by atoms with van der Waals surface area (Å²) in [4.78, 5) is 35.0. The van der Waals surface area contributed by atoms with Crippen molar-refractivity contribution in [1.29, 1.82) is 0 Å². The van der Waals surface area contributed by atoms with Crippen molar-refractivity contribution in [1.82, 2.24) is 5.32 Å². The Morgan fingerprint density at radius 2 is 1.92 bits per heavy atom. The minimum absolute atomic E-state index is 0.0366. The van der Waals surface area contributed by atoms with Gasteiger partial charge in [0.05, 0.1) is 17.6 Å². The van der Waals surface area contributed by atoms with Crippen LogP contribution in [0.15, 0.2) is 42.5 Å². The first-order valence-corrected chi connectivity index (χ1v) is 8.02. The second kappa shape index (κ2) is 7.22. The third-order valence-electron chi connectivity index (χ3n) is 3.93. The van der Waals surface area contributed by atoms with Crippen molar-refractivity contribution < 1.29 is 19.2 Å². The van der Waals surface area contributed by atoms with Crippen LogP contribution >= 0.6 is 0 Å². The molecule has 2 aromatic rings. The molecule has 0 radical (unpaired) electrons. The SMILES string of the molecule is COc1ccc([N+](=O)[O-])cc1C(=O)Nc1cccc(C(=O)NC2CC2)c1. The van der Waals surface area contributed by atoms with Gasteiger partial charge in [0, 0.05) is 29.4 Å². The highest BCUT2D eigenvalue weighted by atomic mass is 16.6. The van der Waals surface area contributed by atoms with Crippen LogP contribution in [0.25, 0.3) is 0 Å². The van der Waals surface area contributed by atoms with E-state index in [1.165, 1.54) is 19.2 Å². The van der Waals surface area contributed by atoms with E-state index in [-0.39, 0.29) is 28.9 Å². The fourth-order valence-corrected chi connectivity index (χ4v) is 2.42. The number of nitrogens with one attached hydrogen (secondary N) is 2. The minimum Gasteiger partial charge on any atom is -0.496 e. The number of nitro groups is 1. The van der Waals surface area contributed by atoms with E-state index in [9.17, 15) is 19.7 Å². The fraction of sp³-hybridized carbons (Fsp3) is 0.222. The molecule has 1 saturated carbocycles. The number of carbonyl (C=O) groups excluding carboxylic acids is 2. The largest absolute Gasteiger partial charge is 0.496 e. The molecule has 0 atom stereocenters. The highest BCUT2D eigenvalue weighted by Crippen LogP contribution is 2.25. The molecular formula is C18H17N3O5. The van der Waals surface area contributed by atoms with Crippen LogP contribution in [0.3, 0.4) is 0 Å². The van der Waals surface area contributed by atoms with Gasteiger partial charge in [0.15, 0.2) is 0 Å². The first-order valence-electron chi connectivity index (χ1n) is 8.02. The number of anilines is 1. The summed E-state index contributed by atoms with van der Waals surface area (Å²) in [6.07, 6.45) is 1.96. The molecule has 26 heavy (non-hydrogen) atoms. The molecule has 0 heterocycles. The minimum atomic E-state index is -0.584. The highest BCUT2D eigenvalue weighted by molar-refractivity contribution is 6.07. The molecule has 2 N–H and O–H groups in total. The zero-order chi connectivity index (χ0) is 18.7. The average molecular weight is 355 g/mol. The summed E-state index contributed by atoms with van der Waals surface area (Å²) in [6.45, 7) is 0. The number of ether oxygens (including phenoxy) is 1. The van der Waals surface area contributed by atoms with Gasteiger partial charge < -0.3 is 15.4 Å². The maximum atomic E-state index is 12.5. The average Bonchev–Trinajstić information content (AvgIpc) is 3.45. The number of benzene rings is 2. The lowest BCUT2D eigenvalue weighted by Crippen LogP contribution is -2.25. The number of rotatable bonds is 6. The van der Waals surface area contributed by atoms with Crippen molar-refractivity contribution in [3.05, 3.63) is 63.7 Å². The molecule has 0 unspecified atom stereocenters. The summed E-state index contributed by atoms with van der Waals surface area (Å²) >= 11 is 0. The lowest BCUT2D eigenvalue weighted by atomic mass is 10.1. The molecule has 2 aromatic carbocycles. The van der Waals surface area contributed by atoms with Crippen molar-refractivity contribution in [3.63, 3.8) is 0 Å². The zero-order valence-corrected chi connectivity index (χ0v) is 14.0. The molecule has 2 amide bonds. The van der Waals surface area contributed by atoms with Gasteiger partial charge in [0.1, 0.15) is 5.75 Å². The van der Waals surface area contributed by atoms with E-state index in [2.05, 4.69) is 10.6 Å². The number of hydrogen-bond acceptors (Lipinski definition) is 5. The molecule has 0 saturated heterocycles. The summed E-state index contributed by atoms with van der Waals surface area (Å²) in [6, 6.07) is 10.5. The van der Waals surface area contributed by atoms with E-state index >= 15 is 0 Å². The summed E-state index contributed by atoms with van der Waals surface area (Å²) in [5.41, 5.74) is 0.663. The smallest absolute Gasteiger partial charge is 0.270 e. The van der Waals surface area contributed by atoms with E-state index in [4.69, 9.17) is 4.74 Å². The van der Waals surface area contributed by atoms with Crippen LogP contribution in [0.1, 0.15) is 33.6 Å². The number of nitro benzene ring substituents is 1. The number of amides is 2. The lowest BCUT2D eigenvalue weighted by molar-refractivity contribution is -0.384. The Bertz CT molecular complexity index is 877. The van der Waals surface area contributed by atoms with Gasteiger partial charge in [-0.05, 0) is 37.1 Å². The molecular weight excluding hydrogens is 338 g/mol. The summed E-state index contributed by atoms with van der Waals surface area (Å²) in [7, 11) is 1.38. The third kappa shape index (κ3) is 3.97. The normalized spacial score (nSPS) is 13.0. The Labute approximate surface area is 149 Å². The Balaban J connectivity index is 1.80. The van der Waals surface area contributed by atoms with E-state index in [1.807, 2.05) is 0 Å². The number of nitrogens with zero attached hydrogens (tertiary/aromatic N) is 1. The molecule has 3 rings (SSSR count). The van der Waals surface area contributed by atoms with Gasteiger partial charge in [0.25, 0.3) is 17.5 Å². The van der Waals surface area contributed by atoms with E-state index in [0.29, 0.717) is 11.3 Å². The lowest BCUT2D eigenvalue weighted by Gasteiger charge is -2.10. The maximum Gasteiger partial charge on any atom is 0.270 e. The van der Waals surface area contributed by atoms with Crippen LogP contribution in [0.2, 0.25) is 0 Å². The van der Waals surface area contributed by atoms with Crippen molar-refractivity contribution >= 4 is 23.2 Å². The molecule has 1 aliphatic carbocycles. The predicted octanol–water partition coefficient (Wildman–Crippen LogP) is 2.75. The van der Waals surface area contributed by atoms with Crippen molar-refractivity contribution in [2.75, 3.05) is 12.4 Å². The summed E-state index contributed by atoms with van der Waals surface area (Å²) < 4.78 is 5.10. The van der Waals surface area contributed by atoms with Gasteiger partial charge in [-0.2, -0.15) is 0 Å². The Hall–Kier alpha value is -3.42. The Morgan fingerprint density at radius 1 is 1.15 bits per heavy atom. The van der Waals surface area contributed by atoms with Crippen molar-refractivity contribution in [2.45, 2.75) is 18.9 Å². The molecule has 134 valence electrons. The van der Waals surface area contributed by atoms with Crippen LogP contribution in [0.5, 0.6) is 5.75 Å². The van der Waals surface area contributed by atoms with Crippen LogP contribution in [-0.2, 0) is 0 Å². The maximum absolute atomic E-state index is 12.5. The molecule has 0 aromatic heterocycles. The van der Waals surface area contributed by atoms with Gasteiger partial charge in [-0.25, -0.2) is 0 Å². The van der Waals surface area contributed by atoms with Gasteiger partial charge in [-0.1, -0.05) is 6.07 Å². The number of hydrogen-bond donors (Lipinski definition) is 2. The highest BCUT2D eigenvalue weighted by Gasteiger charge is 2.24. The Kier molecular flexibility index (Phi) is 4.83. The molecule has 0 aliphatic heterocycles. The van der Waals surface area contributed by atoms with Crippen LogP contribution < -0.4 is 15.4 Å². The van der Waals surface area contributed by atoms with Crippen molar-refractivity contribution in [3.8, 4) is 5.75 Å². The number of carbonyl (C=O) groups is 2. The molecule has 8 nitrogen and oxygen atoms in total. The third-order valence-corrected chi connectivity index (χ3v) is 3.93. The van der Waals surface area contributed by atoms with E-state index in [1.54, 1.807) is 24.3 Å². The first kappa shape index (κ1) is 17.4. The van der Waals surface area contributed by atoms with Crippen LogP contribution in [-0.4, -0.2) is 29.9 Å². The Morgan fingerprint density at radius 3 is 2.58 bits per heavy atom. The molecule has 0 bridgehead atoms. The molecule has 1 fully saturated rings. The summed E-state index contributed by atoms with van der Waals surface area (Å²) in [5, 5.41) is 16.5. The zero-order valence-electron chi connectivity index (χ0n) is 14.0. The second-order valence-corrected chi connectivity index (χ2v) is 5.92. The van der Waals surface area contributed by atoms with Crippen molar-refractivity contribution in [2.24, 2.45) is 0 Å². The van der Waals surface area contributed by atoms with E-state index < -0.39 is 10.8 Å². The number of methoxy groups -OCH3 is 1. The van der Waals surface area contributed by atoms with Gasteiger partial charge in [0.2, 0.25) is 0 Å². The first-order chi connectivity index (χ1) is 12.5. The van der Waals surface area contributed by atoms with Gasteiger partial charge in [-0.15, -0.1) is 0 Å². The molecule has 1 aliphatic rings. The van der Waals surface area contributed by atoms with Gasteiger partial charge in [-0.3, -0.25) is 19.7 Å². The van der Waals surface area contributed by atoms with E-state index in [0.717, 1.165) is 18.9 Å². The van der Waals surface area contributed by atoms with Crippen LogP contribution in [0.4, 0.5) is 11.4 Å². The van der Waals surface area contributed by atoms with Gasteiger partial charge >= 0.3 is 0 Å². The number of non-ortho nitro benzene ring substituents is 1. The van der Waals surface area contributed by atoms with Crippen LogP contribution in [0, 0.1) is 10.1 Å². The monoisotopic (exact) mass is 355 g/mol. The predicted molar refractivity (Wildman–Crippen MR) is 94.5 cm³/mol. The molecule has 0 spiro atoms.